The van der Waals surface area contributed by atoms with E-state index in [1.54, 1.807) is 6.92 Å². The number of nitro benzene ring substituents is 1. The Bertz CT molecular complexity index is 1000. The van der Waals surface area contributed by atoms with Crippen LogP contribution in [0.4, 0.5) is 11.4 Å². The first-order valence-corrected chi connectivity index (χ1v) is 8.85. The fourth-order valence-electron chi connectivity index (χ4n) is 2.70. The lowest BCUT2D eigenvalue weighted by molar-refractivity contribution is -0.385. The largest absolute Gasteiger partial charge is 0.496 e. The highest BCUT2D eigenvalue weighted by molar-refractivity contribution is 5.97. The summed E-state index contributed by atoms with van der Waals surface area (Å²) in [6.07, 6.45) is 0. The molecule has 2 aromatic carbocycles. The van der Waals surface area contributed by atoms with Gasteiger partial charge in [-0.05, 0) is 12.5 Å². The third-order valence-corrected chi connectivity index (χ3v) is 4.26. The van der Waals surface area contributed by atoms with Gasteiger partial charge in [-0.2, -0.15) is 0 Å². The van der Waals surface area contributed by atoms with E-state index in [0.29, 0.717) is 11.3 Å². The van der Waals surface area contributed by atoms with Gasteiger partial charge in [-0.15, -0.1) is 0 Å². The molecular weight excluding hydrogens is 412 g/mol. The van der Waals surface area contributed by atoms with Crippen molar-refractivity contribution in [3.05, 3.63) is 45.5 Å². The molecule has 2 rings (SSSR count). The molecule has 0 radical (unpaired) electrons. The number of hydrogen-bond acceptors (Lipinski definition) is 9. The average molecular weight is 434 g/mol. The Balaban J connectivity index is 2.13. The van der Waals surface area contributed by atoms with Crippen molar-refractivity contribution in [2.24, 2.45) is 0 Å². The minimum absolute atomic E-state index is 0.0158. The summed E-state index contributed by atoms with van der Waals surface area (Å²) in [6, 6.07) is 5.44. The van der Waals surface area contributed by atoms with Crippen LogP contribution in [-0.4, -0.2) is 51.8 Å². The molecule has 166 valence electrons. The molecule has 0 aliphatic heterocycles. The number of rotatable bonds is 9. The van der Waals surface area contributed by atoms with Crippen molar-refractivity contribution in [2.45, 2.75) is 6.92 Å². The fourth-order valence-corrected chi connectivity index (χ4v) is 2.70. The Hall–Kier alpha value is -4.02. The van der Waals surface area contributed by atoms with E-state index in [2.05, 4.69) is 5.32 Å². The molecule has 0 unspecified atom stereocenters. The molecule has 0 aromatic heterocycles. The van der Waals surface area contributed by atoms with E-state index in [0.717, 1.165) is 0 Å². The number of carbonyl (C=O) groups excluding carboxylic acids is 2. The van der Waals surface area contributed by atoms with Crippen LogP contribution in [0.2, 0.25) is 0 Å². The first kappa shape index (κ1) is 23.3. The molecular formula is C20H22N2O9. The second-order valence-electron chi connectivity index (χ2n) is 6.13. The van der Waals surface area contributed by atoms with E-state index in [9.17, 15) is 19.7 Å². The Morgan fingerprint density at radius 2 is 1.48 bits per heavy atom. The molecule has 0 bridgehead atoms. The van der Waals surface area contributed by atoms with Gasteiger partial charge in [0.25, 0.3) is 5.91 Å². The summed E-state index contributed by atoms with van der Waals surface area (Å²) >= 11 is 0. The standard InChI is InChI=1S/C20H22N2O9/c1-11-6-14(22(25)26)16(28-3)8-13(11)21-19(23)10-31-20(24)12-7-17(29-4)18(30-5)9-15(12)27-2/h6-9H,10H2,1-5H3,(H,21,23). The summed E-state index contributed by atoms with van der Waals surface area (Å²) < 4.78 is 25.6. The van der Waals surface area contributed by atoms with Gasteiger partial charge in [-0.1, -0.05) is 0 Å². The minimum Gasteiger partial charge on any atom is -0.496 e. The molecule has 11 nitrogen and oxygen atoms in total. The fraction of sp³-hybridized carbons (Fsp3) is 0.300. The maximum Gasteiger partial charge on any atom is 0.342 e. The number of anilines is 1. The van der Waals surface area contributed by atoms with Crippen molar-refractivity contribution < 1.29 is 38.2 Å². The second-order valence-corrected chi connectivity index (χ2v) is 6.13. The van der Waals surface area contributed by atoms with Crippen LogP contribution in [0, 0.1) is 17.0 Å². The first-order valence-electron chi connectivity index (χ1n) is 8.85. The lowest BCUT2D eigenvalue weighted by Crippen LogP contribution is -2.21. The molecule has 0 spiro atoms. The van der Waals surface area contributed by atoms with Crippen molar-refractivity contribution in [2.75, 3.05) is 40.4 Å². The highest BCUT2D eigenvalue weighted by Crippen LogP contribution is 2.35. The predicted molar refractivity (Wildman–Crippen MR) is 109 cm³/mol. The summed E-state index contributed by atoms with van der Waals surface area (Å²) in [5, 5.41) is 13.6. The number of benzene rings is 2. The third-order valence-electron chi connectivity index (χ3n) is 4.26. The van der Waals surface area contributed by atoms with E-state index >= 15 is 0 Å². The van der Waals surface area contributed by atoms with Gasteiger partial charge < -0.3 is 29.0 Å². The van der Waals surface area contributed by atoms with Gasteiger partial charge in [-0.3, -0.25) is 14.9 Å². The number of carbonyl (C=O) groups is 2. The van der Waals surface area contributed by atoms with Gasteiger partial charge in [0.2, 0.25) is 0 Å². The van der Waals surface area contributed by atoms with Gasteiger partial charge in [0.1, 0.15) is 11.3 Å². The lowest BCUT2D eigenvalue weighted by atomic mass is 10.1. The number of nitro groups is 1. The van der Waals surface area contributed by atoms with Gasteiger partial charge in [-0.25, -0.2) is 4.79 Å². The van der Waals surface area contributed by atoms with Crippen LogP contribution in [0.3, 0.4) is 0 Å². The number of ether oxygens (including phenoxy) is 5. The van der Waals surface area contributed by atoms with Crippen molar-refractivity contribution >= 4 is 23.3 Å². The molecule has 0 fully saturated rings. The van der Waals surface area contributed by atoms with Crippen LogP contribution in [0.15, 0.2) is 24.3 Å². The molecule has 11 heteroatoms. The van der Waals surface area contributed by atoms with Gasteiger partial charge in [0.15, 0.2) is 23.9 Å². The Labute approximate surface area is 178 Å². The van der Waals surface area contributed by atoms with Crippen molar-refractivity contribution in [1.29, 1.82) is 0 Å². The van der Waals surface area contributed by atoms with Crippen molar-refractivity contribution in [3.63, 3.8) is 0 Å². The summed E-state index contributed by atoms with van der Waals surface area (Å²) in [7, 11) is 5.50. The Morgan fingerprint density at radius 1 is 0.903 bits per heavy atom. The number of methoxy groups -OCH3 is 4. The van der Waals surface area contributed by atoms with Crippen LogP contribution < -0.4 is 24.3 Å². The third kappa shape index (κ3) is 5.32. The summed E-state index contributed by atoms with van der Waals surface area (Å²) in [4.78, 5) is 35.2. The zero-order chi connectivity index (χ0) is 23.1. The van der Waals surface area contributed by atoms with E-state index in [1.165, 1.54) is 52.7 Å². The highest BCUT2D eigenvalue weighted by Gasteiger charge is 2.21. The number of esters is 1. The Morgan fingerprint density at radius 3 is 2.03 bits per heavy atom. The molecule has 31 heavy (non-hydrogen) atoms. The van der Waals surface area contributed by atoms with Gasteiger partial charge in [0, 0.05) is 30.0 Å². The van der Waals surface area contributed by atoms with E-state index < -0.39 is 23.4 Å². The number of aryl methyl sites for hydroxylation is 1. The molecule has 0 aliphatic carbocycles. The minimum atomic E-state index is -0.814. The monoisotopic (exact) mass is 434 g/mol. The van der Waals surface area contributed by atoms with Crippen LogP contribution in [-0.2, 0) is 9.53 Å². The van der Waals surface area contributed by atoms with Crippen molar-refractivity contribution in [1.82, 2.24) is 0 Å². The number of amides is 1. The molecule has 0 saturated carbocycles. The predicted octanol–water partition coefficient (Wildman–Crippen LogP) is 2.73. The molecule has 0 atom stereocenters. The average Bonchev–Trinajstić information content (AvgIpc) is 2.77. The maximum absolute atomic E-state index is 12.5. The SMILES string of the molecule is COc1cc(OC)c(C(=O)OCC(=O)Nc2cc(OC)c([N+](=O)[O-])cc2C)cc1OC. The lowest BCUT2D eigenvalue weighted by Gasteiger charge is -2.14. The van der Waals surface area contributed by atoms with Crippen molar-refractivity contribution in [3.8, 4) is 23.0 Å². The summed E-state index contributed by atoms with van der Waals surface area (Å²) in [5.74, 6) is -0.653. The molecule has 0 aliphatic rings. The quantitative estimate of drug-likeness (QED) is 0.359. The molecule has 1 N–H and O–H groups in total. The van der Waals surface area contributed by atoms with Crippen LogP contribution in [0.5, 0.6) is 23.0 Å². The molecule has 0 heterocycles. The van der Waals surface area contributed by atoms with Gasteiger partial charge in [0.05, 0.1) is 33.4 Å². The van der Waals surface area contributed by atoms with Crippen LogP contribution in [0.1, 0.15) is 15.9 Å². The Kier molecular flexibility index (Phi) is 7.61. The van der Waals surface area contributed by atoms with Gasteiger partial charge >= 0.3 is 11.7 Å². The van der Waals surface area contributed by atoms with E-state index in [1.807, 2.05) is 0 Å². The first-order chi connectivity index (χ1) is 14.7. The van der Waals surface area contributed by atoms with E-state index in [-0.39, 0.29) is 34.2 Å². The normalized spacial score (nSPS) is 10.1. The second kappa shape index (κ2) is 10.1. The van der Waals surface area contributed by atoms with Crippen LogP contribution in [0.25, 0.3) is 0 Å². The number of hydrogen-bond donors (Lipinski definition) is 1. The van der Waals surface area contributed by atoms with E-state index in [4.69, 9.17) is 23.7 Å². The maximum atomic E-state index is 12.5. The zero-order valence-corrected chi connectivity index (χ0v) is 17.6. The summed E-state index contributed by atoms with van der Waals surface area (Å²) in [5.41, 5.74) is 0.534. The summed E-state index contributed by atoms with van der Waals surface area (Å²) in [6.45, 7) is 0.984. The smallest absolute Gasteiger partial charge is 0.342 e. The number of nitrogens with zero attached hydrogens (tertiary/aromatic N) is 1. The molecule has 2 aromatic rings. The number of nitrogens with one attached hydrogen (secondary N) is 1. The highest BCUT2D eigenvalue weighted by atomic mass is 16.6. The molecule has 0 saturated heterocycles. The topological polar surface area (TPSA) is 135 Å². The van der Waals surface area contributed by atoms with Crippen LogP contribution >= 0.6 is 0 Å². The molecule has 1 amide bonds. The zero-order valence-electron chi connectivity index (χ0n) is 17.6.